The van der Waals surface area contributed by atoms with Gasteiger partial charge in [0.1, 0.15) is 12.0 Å². The van der Waals surface area contributed by atoms with E-state index in [1.54, 1.807) is 6.26 Å². The molecule has 0 saturated heterocycles. The van der Waals surface area contributed by atoms with Gasteiger partial charge in [-0.1, -0.05) is 44.1 Å². The summed E-state index contributed by atoms with van der Waals surface area (Å²) in [5.74, 6) is 0. The highest BCUT2D eigenvalue weighted by molar-refractivity contribution is 5.59. The molecule has 0 N–H and O–H groups in total. The number of aromatic nitrogens is 1. The van der Waals surface area contributed by atoms with Gasteiger partial charge in [-0.3, -0.25) is 0 Å². The van der Waals surface area contributed by atoms with Crippen LogP contribution in [0.4, 0.5) is 0 Å². The predicted molar refractivity (Wildman–Crippen MR) is 60.6 cm³/mol. The van der Waals surface area contributed by atoms with Crippen LogP contribution >= 0.6 is 0 Å². The molecule has 2 nitrogen and oxygen atoms in total. The van der Waals surface area contributed by atoms with Gasteiger partial charge >= 0.3 is 0 Å². The van der Waals surface area contributed by atoms with E-state index in [0.29, 0.717) is 0 Å². The Balaban J connectivity index is 2.44. The smallest absolute Gasteiger partial charge is 0.124 e. The van der Waals surface area contributed by atoms with Crippen molar-refractivity contribution in [2.24, 2.45) is 0 Å². The average molecular weight is 201 g/mol. The molecule has 1 aromatic heterocycles. The Kier molecular flexibility index (Phi) is 2.35. The molecule has 0 bridgehead atoms. The molecule has 0 unspecified atom stereocenters. The lowest BCUT2D eigenvalue weighted by atomic mass is 9.86. The lowest BCUT2D eigenvalue weighted by Crippen LogP contribution is -2.10. The molecule has 1 heterocycles. The summed E-state index contributed by atoms with van der Waals surface area (Å²) in [6.07, 6.45) is 1.60. The number of hydrogen-bond donors (Lipinski definition) is 0. The Morgan fingerprint density at radius 2 is 1.93 bits per heavy atom. The first-order valence-electron chi connectivity index (χ1n) is 5.09. The fourth-order valence-corrected chi connectivity index (χ4v) is 1.51. The van der Waals surface area contributed by atoms with Gasteiger partial charge in [-0.2, -0.15) is 0 Å². The molecule has 0 amide bonds. The van der Waals surface area contributed by atoms with Crippen molar-refractivity contribution in [2.45, 2.75) is 26.2 Å². The summed E-state index contributed by atoms with van der Waals surface area (Å²) in [5, 5.41) is 3.93. The fourth-order valence-electron chi connectivity index (χ4n) is 1.51. The molecule has 0 aliphatic heterocycles. The van der Waals surface area contributed by atoms with E-state index in [9.17, 15) is 0 Å². The highest BCUT2D eigenvalue weighted by atomic mass is 16.5. The minimum absolute atomic E-state index is 0.166. The van der Waals surface area contributed by atoms with Crippen LogP contribution in [-0.2, 0) is 5.41 Å². The first-order chi connectivity index (χ1) is 7.07. The third-order valence-electron chi connectivity index (χ3n) is 2.46. The van der Waals surface area contributed by atoms with Crippen LogP contribution in [0.25, 0.3) is 11.3 Å². The van der Waals surface area contributed by atoms with Crippen molar-refractivity contribution in [3.8, 4) is 11.3 Å². The van der Waals surface area contributed by atoms with Crippen molar-refractivity contribution in [2.75, 3.05) is 0 Å². The van der Waals surface area contributed by atoms with Crippen LogP contribution < -0.4 is 0 Å². The van der Waals surface area contributed by atoms with Gasteiger partial charge in [0.15, 0.2) is 0 Å². The summed E-state index contributed by atoms with van der Waals surface area (Å²) in [4.78, 5) is 0. The van der Waals surface area contributed by atoms with Crippen LogP contribution in [0.5, 0.6) is 0 Å². The topological polar surface area (TPSA) is 26.0 Å². The Hall–Kier alpha value is -1.57. The molecule has 0 aliphatic rings. The monoisotopic (exact) mass is 201 g/mol. The van der Waals surface area contributed by atoms with Crippen molar-refractivity contribution in [1.29, 1.82) is 0 Å². The molecule has 0 fully saturated rings. The molecule has 0 spiro atoms. The molecule has 0 radical (unpaired) electrons. The Morgan fingerprint density at radius 1 is 1.13 bits per heavy atom. The minimum atomic E-state index is 0.166. The predicted octanol–water partition coefficient (Wildman–Crippen LogP) is 3.64. The second-order valence-corrected chi connectivity index (χ2v) is 4.72. The SMILES string of the molecule is CC(C)(C)c1cccc(-c2ccon2)c1. The van der Waals surface area contributed by atoms with E-state index in [0.717, 1.165) is 11.3 Å². The third-order valence-corrected chi connectivity index (χ3v) is 2.46. The van der Waals surface area contributed by atoms with E-state index in [1.165, 1.54) is 5.56 Å². The molecule has 78 valence electrons. The van der Waals surface area contributed by atoms with Gasteiger partial charge < -0.3 is 4.52 Å². The standard InChI is InChI=1S/C13H15NO/c1-13(2,3)11-6-4-5-10(9-11)12-7-8-15-14-12/h4-9H,1-3H3. The van der Waals surface area contributed by atoms with E-state index < -0.39 is 0 Å². The van der Waals surface area contributed by atoms with Crippen LogP contribution in [0.1, 0.15) is 26.3 Å². The van der Waals surface area contributed by atoms with E-state index in [-0.39, 0.29) is 5.41 Å². The molecule has 2 aromatic rings. The highest BCUT2D eigenvalue weighted by Crippen LogP contribution is 2.26. The van der Waals surface area contributed by atoms with Crippen molar-refractivity contribution in [1.82, 2.24) is 5.16 Å². The summed E-state index contributed by atoms with van der Waals surface area (Å²) in [6, 6.07) is 10.3. The fraction of sp³-hybridized carbons (Fsp3) is 0.308. The first-order valence-corrected chi connectivity index (χ1v) is 5.09. The van der Waals surface area contributed by atoms with Gasteiger partial charge in [0.05, 0.1) is 0 Å². The molecule has 15 heavy (non-hydrogen) atoms. The van der Waals surface area contributed by atoms with Crippen molar-refractivity contribution in [3.63, 3.8) is 0 Å². The molecule has 0 aliphatic carbocycles. The maximum absolute atomic E-state index is 4.84. The van der Waals surface area contributed by atoms with E-state index >= 15 is 0 Å². The van der Waals surface area contributed by atoms with E-state index in [2.05, 4.69) is 44.1 Å². The van der Waals surface area contributed by atoms with Crippen molar-refractivity contribution >= 4 is 0 Å². The summed E-state index contributed by atoms with van der Waals surface area (Å²) in [6.45, 7) is 6.61. The van der Waals surface area contributed by atoms with Gasteiger partial charge in [0, 0.05) is 11.6 Å². The first kappa shape index (κ1) is 9.97. The van der Waals surface area contributed by atoms with Crippen molar-refractivity contribution in [3.05, 3.63) is 42.2 Å². The second kappa shape index (κ2) is 3.54. The number of hydrogen-bond acceptors (Lipinski definition) is 2. The van der Waals surface area contributed by atoms with Crippen LogP contribution in [0.15, 0.2) is 41.1 Å². The zero-order valence-corrected chi connectivity index (χ0v) is 9.32. The van der Waals surface area contributed by atoms with Gasteiger partial charge in [-0.15, -0.1) is 0 Å². The van der Waals surface area contributed by atoms with Crippen molar-refractivity contribution < 1.29 is 4.52 Å². The van der Waals surface area contributed by atoms with E-state index in [1.807, 2.05) is 12.1 Å². The van der Waals surface area contributed by atoms with Gasteiger partial charge in [-0.05, 0) is 17.0 Å². The van der Waals surface area contributed by atoms with Gasteiger partial charge in [0.25, 0.3) is 0 Å². The maximum Gasteiger partial charge on any atom is 0.124 e. The molecule has 1 aromatic carbocycles. The Morgan fingerprint density at radius 3 is 2.53 bits per heavy atom. The number of rotatable bonds is 1. The van der Waals surface area contributed by atoms with Gasteiger partial charge in [0.2, 0.25) is 0 Å². The Labute approximate surface area is 89.9 Å². The van der Waals surface area contributed by atoms with Crippen LogP contribution in [0.3, 0.4) is 0 Å². The number of nitrogens with zero attached hydrogens (tertiary/aromatic N) is 1. The summed E-state index contributed by atoms with van der Waals surface area (Å²) in [7, 11) is 0. The zero-order chi connectivity index (χ0) is 10.9. The van der Waals surface area contributed by atoms with Crippen LogP contribution in [-0.4, -0.2) is 5.16 Å². The minimum Gasteiger partial charge on any atom is -0.364 e. The largest absolute Gasteiger partial charge is 0.364 e. The normalized spacial score (nSPS) is 11.7. The zero-order valence-electron chi connectivity index (χ0n) is 9.32. The lowest BCUT2D eigenvalue weighted by Gasteiger charge is -2.19. The average Bonchev–Trinajstić information content (AvgIpc) is 2.69. The second-order valence-electron chi connectivity index (χ2n) is 4.72. The Bertz CT molecular complexity index is 438. The number of benzene rings is 1. The summed E-state index contributed by atoms with van der Waals surface area (Å²) in [5.41, 5.74) is 3.47. The van der Waals surface area contributed by atoms with Crippen LogP contribution in [0.2, 0.25) is 0 Å². The molecular formula is C13H15NO. The van der Waals surface area contributed by atoms with Crippen LogP contribution in [0, 0.1) is 0 Å². The third kappa shape index (κ3) is 2.09. The van der Waals surface area contributed by atoms with E-state index in [4.69, 9.17) is 4.52 Å². The molecular weight excluding hydrogens is 186 g/mol. The summed E-state index contributed by atoms with van der Waals surface area (Å²) >= 11 is 0. The lowest BCUT2D eigenvalue weighted by molar-refractivity contribution is 0.422. The molecule has 2 heteroatoms. The molecule has 0 atom stereocenters. The quantitative estimate of drug-likeness (QED) is 0.704. The maximum atomic E-state index is 4.84. The highest BCUT2D eigenvalue weighted by Gasteiger charge is 2.14. The molecule has 2 rings (SSSR count). The van der Waals surface area contributed by atoms with Gasteiger partial charge in [-0.25, -0.2) is 0 Å². The summed E-state index contributed by atoms with van der Waals surface area (Å²) < 4.78 is 4.84. The molecule has 0 saturated carbocycles.